The normalized spacial score (nSPS) is 23.0. The van der Waals surface area contributed by atoms with Crippen LogP contribution in [-0.2, 0) is 29.3 Å². The summed E-state index contributed by atoms with van der Waals surface area (Å²) in [5.74, 6) is -0.569. The van der Waals surface area contributed by atoms with E-state index >= 15 is 0 Å². The smallest absolute Gasteiger partial charge is 0.364 e. The summed E-state index contributed by atoms with van der Waals surface area (Å²) in [4.78, 5) is 35.3. The van der Waals surface area contributed by atoms with Gasteiger partial charge in [-0.25, -0.2) is 19.7 Å². The molecule has 0 N–H and O–H groups in total. The maximum Gasteiger partial charge on any atom is 0.364 e. The first-order valence-electron chi connectivity index (χ1n) is 10.3. The van der Waals surface area contributed by atoms with Crippen LogP contribution in [0.15, 0.2) is 35.3 Å². The number of hydrogen-bond donors (Lipinski definition) is 0. The molecule has 1 heterocycles. The van der Waals surface area contributed by atoms with Crippen molar-refractivity contribution in [3.8, 4) is 0 Å². The monoisotopic (exact) mass is 402 g/mol. The van der Waals surface area contributed by atoms with E-state index < -0.39 is 17.7 Å². The van der Waals surface area contributed by atoms with Gasteiger partial charge in [-0.1, -0.05) is 43.2 Å². The van der Waals surface area contributed by atoms with Crippen LogP contribution in [-0.4, -0.2) is 48.8 Å². The molecule has 1 aromatic carbocycles. The van der Waals surface area contributed by atoms with E-state index in [1.807, 2.05) is 6.07 Å². The number of carbonyl (C=O) groups excluding carboxylic acids is 2. The van der Waals surface area contributed by atoms with Crippen LogP contribution in [0.5, 0.6) is 0 Å². The second-order valence-electron chi connectivity index (χ2n) is 7.63. The Morgan fingerprint density at radius 3 is 2.38 bits per heavy atom. The van der Waals surface area contributed by atoms with Crippen LogP contribution in [0.2, 0.25) is 0 Å². The predicted octanol–water partition coefficient (Wildman–Crippen LogP) is 3.38. The highest BCUT2D eigenvalue weighted by atomic mass is 16.7. The van der Waals surface area contributed by atoms with E-state index in [4.69, 9.17) is 14.3 Å². The van der Waals surface area contributed by atoms with Gasteiger partial charge in [-0.3, -0.25) is 4.79 Å². The van der Waals surface area contributed by atoms with Gasteiger partial charge in [-0.15, -0.1) is 0 Å². The summed E-state index contributed by atoms with van der Waals surface area (Å²) >= 11 is 0. The average molecular weight is 402 g/mol. The third-order valence-corrected chi connectivity index (χ3v) is 5.69. The number of nitrogens with zero attached hydrogens (tertiary/aromatic N) is 2. The molecular weight excluding hydrogens is 372 g/mol. The summed E-state index contributed by atoms with van der Waals surface area (Å²) in [5, 5.41) is 1.51. The van der Waals surface area contributed by atoms with Crippen LogP contribution < -0.4 is 0 Å². The molecule has 1 fully saturated rings. The van der Waals surface area contributed by atoms with E-state index in [0.717, 1.165) is 25.7 Å². The number of amidine groups is 1. The van der Waals surface area contributed by atoms with E-state index in [9.17, 15) is 9.59 Å². The van der Waals surface area contributed by atoms with E-state index in [0.29, 0.717) is 12.3 Å². The van der Waals surface area contributed by atoms with Crippen LogP contribution in [0, 0.1) is 0 Å². The van der Waals surface area contributed by atoms with Crippen molar-refractivity contribution in [3.63, 3.8) is 0 Å². The molecule has 3 rings (SSSR count). The quantitative estimate of drug-likeness (QED) is 0.621. The summed E-state index contributed by atoms with van der Waals surface area (Å²) in [7, 11) is 1.72. The average Bonchev–Trinajstić information content (AvgIpc) is 3.29. The lowest BCUT2D eigenvalue weighted by atomic mass is 9.75. The van der Waals surface area contributed by atoms with Gasteiger partial charge >= 0.3 is 11.9 Å². The van der Waals surface area contributed by atoms with Gasteiger partial charge < -0.3 is 9.47 Å². The summed E-state index contributed by atoms with van der Waals surface area (Å²) in [5.41, 5.74) is -0.498. The lowest BCUT2D eigenvalue weighted by Crippen LogP contribution is -2.43. The molecule has 1 saturated carbocycles. The van der Waals surface area contributed by atoms with E-state index in [2.05, 4.69) is 29.3 Å². The largest absolute Gasteiger partial charge is 0.466 e. The molecule has 0 unspecified atom stereocenters. The molecule has 1 atom stereocenters. The minimum Gasteiger partial charge on any atom is -0.466 e. The lowest BCUT2D eigenvalue weighted by Gasteiger charge is -2.31. The van der Waals surface area contributed by atoms with Crippen molar-refractivity contribution in [1.29, 1.82) is 0 Å². The highest BCUT2D eigenvalue weighted by Gasteiger charge is 2.52. The number of ether oxygens (including phenoxy) is 2. The molecule has 0 radical (unpaired) electrons. The number of aliphatic imine (C=N–C) groups is 1. The Morgan fingerprint density at radius 2 is 1.76 bits per heavy atom. The molecule has 7 heteroatoms. The predicted molar refractivity (Wildman–Crippen MR) is 108 cm³/mol. The molecule has 7 nitrogen and oxygen atoms in total. The number of rotatable bonds is 8. The minimum atomic E-state index is -1.72. The van der Waals surface area contributed by atoms with Gasteiger partial charge in [-0.05, 0) is 32.3 Å². The van der Waals surface area contributed by atoms with Gasteiger partial charge in [0.05, 0.1) is 13.2 Å². The third kappa shape index (κ3) is 4.45. The molecule has 158 valence electrons. The third-order valence-electron chi connectivity index (χ3n) is 5.69. The molecule has 0 spiro atoms. The van der Waals surface area contributed by atoms with Gasteiger partial charge in [0, 0.05) is 18.9 Å². The fourth-order valence-electron chi connectivity index (χ4n) is 4.32. The number of hydrogen-bond acceptors (Lipinski definition) is 7. The molecule has 2 aliphatic rings. The Bertz CT molecular complexity index is 758. The number of benzene rings is 1. The zero-order chi connectivity index (χ0) is 20.9. The standard InChI is InChI=1S/C22H30N2O5/c1-4-27-19(25)16-22(20(26)28-5-2)23-18(24(3)29-22)15-21(13-9-10-14-21)17-11-7-6-8-12-17/h6-8,11-12H,4-5,9-10,13-16H2,1-3H3/t22-/m1/s1. The fourth-order valence-corrected chi connectivity index (χ4v) is 4.32. The molecule has 1 aliphatic heterocycles. The molecular formula is C22H30N2O5. The highest BCUT2D eigenvalue weighted by molar-refractivity contribution is 5.93. The van der Waals surface area contributed by atoms with Crippen molar-refractivity contribution in [1.82, 2.24) is 5.06 Å². The SMILES string of the molecule is CCOC(=O)C[C@@]1(C(=O)OCC)N=C(CC2(c3ccccc3)CCCC2)N(C)O1. The first-order chi connectivity index (χ1) is 13.9. The van der Waals surface area contributed by atoms with Crippen LogP contribution >= 0.6 is 0 Å². The Balaban J connectivity index is 1.91. The van der Waals surface area contributed by atoms with Crippen LogP contribution in [0.25, 0.3) is 0 Å². The fraction of sp³-hybridized carbons (Fsp3) is 0.591. The molecule has 0 saturated heterocycles. The van der Waals surface area contributed by atoms with E-state index in [1.165, 1.54) is 10.6 Å². The van der Waals surface area contributed by atoms with Crippen molar-refractivity contribution in [2.24, 2.45) is 4.99 Å². The van der Waals surface area contributed by atoms with Crippen LogP contribution in [0.3, 0.4) is 0 Å². The maximum atomic E-state index is 12.7. The highest BCUT2D eigenvalue weighted by Crippen LogP contribution is 2.45. The van der Waals surface area contributed by atoms with Crippen molar-refractivity contribution < 1.29 is 23.9 Å². The van der Waals surface area contributed by atoms with Gasteiger partial charge in [0.2, 0.25) is 0 Å². The van der Waals surface area contributed by atoms with Crippen molar-refractivity contribution in [3.05, 3.63) is 35.9 Å². The second kappa shape index (κ2) is 8.95. The Kier molecular flexibility index (Phi) is 6.57. The maximum absolute atomic E-state index is 12.7. The van der Waals surface area contributed by atoms with Gasteiger partial charge in [0.25, 0.3) is 5.72 Å². The minimum absolute atomic E-state index is 0.0492. The van der Waals surface area contributed by atoms with Crippen molar-refractivity contribution in [2.75, 3.05) is 20.3 Å². The molecule has 1 aromatic rings. The number of hydroxylamine groups is 2. The number of esters is 2. The zero-order valence-corrected chi connectivity index (χ0v) is 17.5. The summed E-state index contributed by atoms with van der Waals surface area (Å²) < 4.78 is 10.2. The Hall–Kier alpha value is -2.41. The Morgan fingerprint density at radius 1 is 1.10 bits per heavy atom. The van der Waals surface area contributed by atoms with Crippen LogP contribution in [0.4, 0.5) is 0 Å². The topological polar surface area (TPSA) is 77.4 Å². The zero-order valence-electron chi connectivity index (χ0n) is 17.5. The van der Waals surface area contributed by atoms with E-state index in [-0.39, 0.29) is 25.0 Å². The molecule has 0 bridgehead atoms. The summed E-state index contributed by atoms with van der Waals surface area (Å²) in [6.07, 6.45) is 4.73. The van der Waals surface area contributed by atoms with Gasteiger partial charge in [-0.2, -0.15) is 0 Å². The van der Waals surface area contributed by atoms with Crippen molar-refractivity contribution >= 4 is 17.8 Å². The first kappa shape index (κ1) is 21.3. The lowest BCUT2D eigenvalue weighted by molar-refractivity contribution is -0.207. The molecule has 29 heavy (non-hydrogen) atoms. The van der Waals surface area contributed by atoms with E-state index in [1.54, 1.807) is 20.9 Å². The number of carbonyl (C=O) groups is 2. The molecule has 0 aromatic heterocycles. The van der Waals surface area contributed by atoms with Crippen molar-refractivity contribution in [2.45, 2.75) is 63.5 Å². The Labute approximate surface area is 172 Å². The van der Waals surface area contributed by atoms with Crippen LogP contribution in [0.1, 0.15) is 57.9 Å². The van der Waals surface area contributed by atoms with Gasteiger partial charge in [0.15, 0.2) is 0 Å². The molecule has 1 aliphatic carbocycles. The van der Waals surface area contributed by atoms with Gasteiger partial charge in [0.1, 0.15) is 12.3 Å². The summed E-state index contributed by atoms with van der Waals surface area (Å²) in [6.45, 7) is 3.83. The first-order valence-corrected chi connectivity index (χ1v) is 10.3. The second-order valence-corrected chi connectivity index (χ2v) is 7.63. The molecule has 0 amide bonds. The summed E-state index contributed by atoms with van der Waals surface area (Å²) in [6, 6.07) is 10.4.